The monoisotopic (exact) mass is 223 g/mol. The summed E-state index contributed by atoms with van der Waals surface area (Å²) in [5.41, 5.74) is 1.20. The lowest BCUT2D eigenvalue weighted by atomic mass is 10.1. The van der Waals surface area contributed by atoms with Crippen molar-refractivity contribution in [2.45, 2.75) is 0 Å². The number of rotatable bonds is 4. The maximum Gasteiger partial charge on any atom is 0.341 e. The maximum atomic E-state index is 11.4. The highest BCUT2D eigenvalue weighted by atomic mass is 16.5. The van der Waals surface area contributed by atoms with Crippen LogP contribution in [0, 0.1) is 0 Å². The molecular weight excluding hydrogens is 210 g/mol. The van der Waals surface area contributed by atoms with Gasteiger partial charge in [-0.05, 0) is 6.07 Å². The molecule has 1 aromatic carbocycles. The number of carbonyl (C=O) groups excluding carboxylic acids is 2. The number of carbonyl (C=O) groups is 2. The number of methoxy groups -OCH3 is 2. The Morgan fingerprint density at radius 1 is 1.38 bits per heavy atom. The summed E-state index contributed by atoms with van der Waals surface area (Å²) in [6.45, 7) is 0. The number of esters is 1. The Kier molecular flexibility index (Phi) is 3.88. The van der Waals surface area contributed by atoms with Crippen LogP contribution in [0.2, 0.25) is 0 Å². The summed E-state index contributed by atoms with van der Waals surface area (Å²) in [4.78, 5) is 22.2. The van der Waals surface area contributed by atoms with Gasteiger partial charge in [0.1, 0.15) is 11.3 Å². The Hall–Kier alpha value is -2.04. The molecule has 5 heteroatoms. The van der Waals surface area contributed by atoms with E-state index in [2.05, 4.69) is 10.1 Å². The van der Waals surface area contributed by atoms with Crippen LogP contribution >= 0.6 is 0 Å². The largest absolute Gasteiger partial charge is 0.496 e. The number of hydrogen-bond donors (Lipinski definition) is 1. The molecule has 5 nitrogen and oxygen atoms in total. The van der Waals surface area contributed by atoms with Gasteiger partial charge in [-0.15, -0.1) is 0 Å². The number of benzene rings is 1. The molecule has 0 radical (unpaired) electrons. The van der Waals surface area contributed by atoms with Gasteiger partial charge < -0.3 is 14.8 Å². The van der Waals surface area contributed by atoms with Gasteiger partial charge in [0.25, 0.3) is 0 Å². The van der Waals surface area contributed by atoms with E-state index in [1.54, 1.807) is 13.1 Å². The van der Waals surface area contributed by atoms with Crippen molar-refractivity contribution in [3.8, 4) is 5.75 Å². The van der Waals surface area contributed by atoms with Gasteiger partial charge in [0.2, 0.25) is 0 Å². The second kappa shape index (κ2) is 5.16. The van der Waals surface area contributed by atoms with E-state index in [-0.39, 0.29) is 5.56 Å². The summed E-state index contributed by atoms with van der Waals surface area (Å²) in [6, 6.07) is 3.01. The second-order valence-corrected chi connectivity index (χ2v) is 3.00. The van der Waals surface area contributed by atoms with Crippen LogP contribution in [0.3, 0.4) is 0 Å². The van der Waals surface area contributed by atoms with Gasteiger partial charge in [-0.1, -0.05) is 0 Å². The van der Waals surface area contributed by atoms with Crippen molar-refractivity contribution >= 4 is 17.9 Å². The van der Waals surface area contributed by atoms with E-state index in [4.69, 9.17) is 4.74 Å². The third-order valence-corrected chi connectivity index (χ3v) is 2.17. The van der Waals surface area contributed by atoms with E-state index < -0.39 is 5.97 Å². The lowest BCUT2D eigenvalue weighted by molar-refractivity contribution is 0.0597. The van der Waals surface area contributed by atoms with Crippen molar-refractivity contribution in [2.24, 2.45) is 0 Å². The van der Waals surface area contributed by atoms with Gasteiger partial charge >= 0.3 is 5.97 Å². The second-order valence-electron chi connectivity index (χ2n) is 3.00. The summed E-state index contributed by atoms with van der Waals surface area (Å²) in [6.07, 6.45) is 0.664. The average Bonchev–Trinajstić information content (AvgIpc) is 2.35. The molecule has 0 heterocycles. The Labute approximate surface area is 93.4 Å². The van der Waals surface area contributed by atoms with Crippen molar-refractivity contribution in [2.75, 3.05) is 26.6 Å². The fourth-order valence-electron chi connectivity index (χ4n) is 1.35. The van der Waals surface area contributed by atoms with Gasteiger partial charge in [0.15, 0.2) is 6.29 Å². The zero-order valence-corrected chi connectivity index (χ0v) is 9.37. The summed E-state index contributed by atoms with van der Waals surface area (Å²) >= 11 is 0. The van der Waals surface area contributed by atoms with Crippen LogP contribution in [0.25, 0.3) is 0 Å². The van der Waals surface area contributed by atoms with Crippen LogP contribution in [0.5, 0.6) is 5.75 Å². The van der Waals surface area contributed by atoms with E-state index in [0.717, 1.165) is 0 Å². The molecule has 0 amide bonds. The van der Waals surface area contributed by atoms with Gasteiger partial charge in [-0.25, -0.2) is 4.79 Å². The first-order valence-corrected chi connectivity index (χ1v) is 4.61. The molecule has 0 saturated heterocycles. The smallest absolute Gasteiger partial charge is 0.341 e. The minimum absolute atomic E-state index is 0.228. The Morgan fingerprint density at radius 3 is 2.50 bits per heavy atom. The molecule has 0 aliphatic rings. The highest BCUT2D eigenvalue weighted by Crippen LogP contribution is 2.26. The summed E-state index contributed by atoms with van der Waals surface area (Å²) in [7, 11) is 4.40. The maximum absolute atomic E-state index is 11.4. The summed E-state index contributed by atoms with van der Waals surface area (Å²) in [5, 5.41) is 2.84. The van der Waals surface area contributed by atoms with Gasteiger partial charge in [0, 0.05) is 24.4 Å². The van der Waals surface area contributed by atoms with Crippen LogP contribution in [-0.2, 0) is 4.74 Å². The molecule has 0 saturated carbocycles. The highest BCUT2D eigenvalue weighted by Gasteiger charge is 2.16. The fourth-order valence-corrected chi connectivity index (χ4v) is 1.35. The number of aldehydes is 1. The minimum Gasteiger partial charge on any atom is -0.496 e. The molecule has 0 bridgehead atoms. The van der Waals surface area contributed by atoms with Crippen molar-refractivity contribution in [1.29, 1.82) is 0 Å². The molecule has 0 spiro atoms. The Morgan fingerprint density at radius 2 is 2.06 bits per heavy atom. The van der Waals surface area contributed by atoms with Gasteiger partial charge in [0.05, 0.1) is 14.2 Å². The summed E-state index contributed by atoms with van der Waals surface area (Å²) in [5.74, 6) is -0.176. The molecule has 0 unspecified atom stereocenters. The van der Waals surface area contributed by atoms with Crippen molar-refractivity contribution in [1.82, 2.24) is 0 Å². The number of ether oxygens (including phenoxy) is 2. The molecule has 1 rings (SSSR count). The van der Waals surface area contributed by atoms with E-state index >= 15 is 0 Å². The van der Waals surface area contributed by atoms with E-state index in [1.165, 1.54) is 20.3 Å². The predicted molar refractivity (Wildman–Crippen MR) is 59.3 cm³/mol. The SMILES string of the molecule is CNc1cc(OC)c(C(=O)OC)cc1C=O. The molecule has 0 aromatic heterocycles. The molecule has 1 aromatic rings. The predicted octanol–water partition coefficient (Wildman–Crippen LogP) is 1.34. The Bertz CT molecular complexity index is 415. The normalized spacial score (nSPS) is 9.44. The zero-order valence-electron chi connectivity index (χ0n) is 9.37. The van der Waals surface area contributed by atoms with Crippen LogP contribution in [0.4, 0.5) is 5.69 Å². The first-order chi connectivity index (χ1) is 7.67. The fraction of sp³-hybridized carbons (Fsp3) is 0.273. The number of hydrogen-bond acceptors (Lipinski definition) is 5. The topological polar surface area (TPSA) is 64.6 Å². The third-order valence-electron chi connectivity index (χ3n) is 2.17. The van der Waals surface area contributed by atoms with Crippen LogP contribution in [0.1, 0.15) is 20.7 Å². The number of nitrogens with one attached hydrogen (secondary N) is 1. The number of anilines is 1. The quantitative estimate of drug-likeness (QED) is 0.616. The van der Waals surface area contributed by atoms with Crippen LogP contribution in [-0.4, -0.2) is 33.5 Å². The molecule has 0 aliphatic carbocycles. The minimum atomic E-state index is -0.539. The van der Waals surface area contributed by atoms with Gasteiger partial charge in [-0.3, -0.25) is 4.79 Å². The lowest BCUT2D eigenvalue weighted by Crippen LogP contribution is -2.06. The molecule has 86 valence electrons. The summed E-state index contributed by atoms with van der Waals surface area (Å²) < 4.78 is 9.65. The highest BCUT2D eigenvalue weighted by molar-refractivity contribution is 5.97. The van der Waals surface area contributed by atoms with Gasteiger partial charge in [-0.2, -0.15) is 0 Å². The van der Waals surface area contributed by atoms with E-state index in [1.807, 2.05) is 0 Å². The molecular formula is C11H13NO4. The standard InChI is InChI=1S/C11H13NO4/c1-12-9-5-10(15-2)8(11(14)16-3)4-7(9)6-13/h4-6,12H,1-3H3. The first kappa shape index (κ1) is 12.0. The third kappa shape index (κ3) is 2.13. The Balaban J connectivity index is 3.37. The van der Waals surface area contributed by atoms with Crippen molar-refractivity contribution in [3.63, 3.8) is 0 Å². The van der Waals surface area contributed by atoms with E-state index in [9.17, 15) is 9.59 Å². The first-order valence-electron chi connectivity index (χ1n) is 4.61. The molecule has 0 aliphatic heterocycles. The molecule has 1 N–H and O–H groups in total. The van der Waals surface area contributed by atoms with Crippen molar-refractivity contribution < 1.29 is 19.1 Å². The zero-order chi connectivity index (χ0) is 12.1. The van der Waals surface area contributed by atoms with Crippen LogP contribution < -0.4 is 10.1 Å². The van der Waals surface area contributed by atoms with E-state index in [0.29, 0.717) is 23.3 Å². The molecule has 0 fully saturated rings. The molecule has 0 atom stereocenters. The lowest BCUT2D eigenvalue weighted by Gasteiger charge is -2.11. The molecule has 16 heavy (non-hydrogen) atoms. The van der Waals surface area contributed by atoms with Crippen molar-refractivity contribution in [3.05, 3.63) is 23.3 Å². The van der Waals surface area contributed by atoms with Crippen LogP contribution in [0.15, 0.2) is 12.1 Å². The average molecular weight is 223 g/mol.